The quantitative estimate of drug-likeness (QED) is 0.683. The number of aliphatic hydroxyl groups excluding tert-OH is 1. The van der Waals surface area contributed by atoms with E-state index in [-0.39, 0.29) is 24.7 Å². The number of nitrogens with one attached hydrogen (secondary N) is 2. The molecule has 1 atom stereocenters. The Morgan fingerprint density at radius 3 is 2.48 bits per heavy atom. The highest BCUT2D eigenvalue weighted by Crippen LogP contribution is 2.19. The van der Waals surface area contributed by atoms with E-state index >= 15 is 0 Å². The average molecular weight is 348 g/mol. The standard InChI is InChI=1S/C18H21FN2O4/c1-12(22)21-18-8-3-13(9-17(18)19)20-10-14(23)11-25-16-6-4-15(24-2)5-7-16/h3-9,14,20,23H,10-11H2,1-2H3,(H,21,22). The molecule has 7 heteroatoms. The SMILES string of the molecule is COc1ccc(OCC(O)CNc2ccc(NC(C)=O)c(F)c2)cc1. The van der Waals surface area contributed by atoms with E-state index in [0.717, 1.165) is 5.75 Å². The number of ether oxygens (including phenoxy) is 2. The topological polar surface area (TPSA) is 79.8 Å². The second-order valence-electron chi connectivity index (χ2n) is 5.40. The van der Waals surface area contributed by atoms with Crippen LogP contribution in [0.4, 0.5) is 15.8 Å². The summed E-state index contributed by atoms with van der Waals surface area (Å²) >= 11 is 0. The molecule has 0 saturated carbocycles. The maximum Gasteiger partial charge on any atom is 0.221 e. The first-order chi connectivity index (χ1) is 12.0. The minimum atomic E-state index is -0.778. The second kappa shape index (κ2) is 8.89. The van der Waals surface area contributed by atoms with E-state index in [2.05, 4.69) is 10.6 Å². The van der Waals surface area contributed by atoms with Gasteiger partial charge in [0.2, 0.25) is 5.91 Å². The van der Waals surface area contributed by atoms with Gasteiger partial charge in [0.25, 0.3) is 0 Å². The Morgan fingerprint density at radius 2 is 1.88 bits per heavy atom. The van der Waals surface area contributed by atoms with Crippen LogP contribution in [0.5, 0.6) is 11.5 Å². The Kier molecular flexibility index (Phi) is 6.59. The summed E-state index contributed by atoms with van der Waals surface area (Å²) in [4.78, 5) is 10.9. The van der Waals surface area contributed by atoms with Crippen molar-refractivity contribution in [3.8, 4) is 11.5 Å². The molecule has 0 aromatic heterocycles. The Bertz CT molecular complexity index is 707. The van der Waals surface area contributed by atoms with Crippen LogP contribution in [0, 0.1) is 5.82 Å². The van der Waals surface area contributed by atoms with E-state index in [4.69, 9.17) is 9.47 Å². The third kappa shape index (κ3) is 5.96. The molecule has 6 nitrogen and oxygen atoms in total. The van der Waals surface area contributed by atoms with Crippen molar-refractivity contribution >= 4 is 17.3 Å². The van der Waals surface area contributed by atoms with Gasteiger partial charge >= 0.3 is 0 Å². The third-order valence-electron chi connectivity index (χ3n) is 3.32. The molecule has 0 saturated heterocycles. The highest BCUT2D eigenvalue weighted by atomic mass is 19.1. The first-order valence-electron chi connectivity index (χ1n) is 7.74. The van der Waals surface area contributed by atoms with E-state index in [9.17, 15) is 14.3 Å². The average Bonchev–Trinajstić information content (AvgIpc) is 2.60. The number of rotatable bonds is 8. The number of carbonyl (C=O) groups is 1. The van der Waals surface area contributed by atoms with Gasteiger partial charge in [-0.05, 0) is 42.5 Å². The van der Waals surface area contributed by atoms with Crippen molar-refractivity contribution < 1.29 is 23.8 Å². The number of methoxy groups -OCH3 is 1. The predicted molar refractivity (Wildman–Crippen MR) is 93.7 cm³/mol. The zero-order chi connectivity index (χ0) is 18.2. The lowest BCUT2D eigenvalue weighted by Crippen LogP contribution is -2.26. The van der Waals surface area contributed by atoms with Gasteiger partial charge in [0.1, 0.15) is 30.0 Å². The van der Waals surface area contributed by atoms with Gasteiger partial charge in [0, 0.05) is 19.2 Å². The highest BCUT2D eigenvalue weighted by molar-refractivity contribution is 5.89. The molecular formula is C18H21FN2O4. The molecule has 134 valence electrons. The van der Waals surface area contributed by atoms with Crippen LogP contribution in [0.3, 0.4) is 0 Å². The van der Waals surface area contributed by atoms with Crippen molar-refractivity contribution in [2.24, 2.45) is 0 Å². The molecule has 0 fully saturated rings. The van der Waals surface area contributed by atoms with Crippen molar-refractivity contribution in [3.05, 3.63) is 48.3 Å². The molecule has 1 amide bonds. The molecule has 0 spiro atoms. The molecule has 1 unspecified atom stereocenters. The molecule has 0 bridgehead atoms. The Morgan fingerprint density at radius 1 is 1.20 bits per heavy atom. The fourth-order valence-electron chi connectivity index (χ4n) is 2.08. The number of benzene rings is 2. The van der Waals surface area contributed by atoms with Crippen LogP contribution in [-0.4, -0.2) is 37.4 Å². The van der Waals surface area contributed by atoms with Crippen molar-refractivity contribution in [1.82, 2.24) is 0 Å². The zero-order valence-corrected chi connectivity index (χ0v) is 14.1. The molecule has 0 aliphatic carbocycles. The molecule has 0 aliphatic rings. The van der Waals surface area contributed by atoms with E-state index in [1.807, 2.05) is 0 Å². The maximum absolute atomic E-state index is 13.8. The molecule has 2 aromatic rings. The van der Waals surface area contributed by atoms with Gasteiger partial charge in [-0.25, -0.2) is 4.39 Å². The number of halogens is 1. The number of anilines is 2. The smallest absolute Gasteiger partial charge is 0.221 e. The van der Waals surface area contributed by atoms with E-state index in [1.165, 1.54) is 19.1 Å². The fraction of sp³-hybridized carbons (Fsp3) is 0.278. The number of hydrogen-bond acceptors (Lipinski definition) is 5. The number of carbonyl (C=O) groups excluding carboxylic acids is 1. The van der Waals surface area contributed by atoms with Gasteiger partial charge in [-0.15, -0.1) is 0 Å². The summed E-state index contributed by atoms with van der Waals surface area (Å²) in [5.74, 6) is 0.444. The summed E-state index contributed by atoms with van der Waals surface area (Å²) in [5, 5.41) is 15.3. The third-order valence-corrected chi connectivity index (χ3v) is 3.32. The van der Waals surface area contributed by atoms with Gasteiger partial charge in [-0.3, -0.25) is 4.79 Å². The highest BCUT2D eigenvalue weighted by Gasteiger charge is 2.08. The number of aliphatic hydroxyl groups is 1. The lowest BCUT2D eigenvalue weighted by Gasteiger charge is -2.15. The lowest BCUT2D eigenvalue weighted by atomic mass is 10.2. The Hall–Kier alpha value is -2.80. The van der Waals surface area contributed by atoms with Crippen LogP contribution in [0.15, 0.2) is 42.5 Å². The molecule has 2 rings (SSSR count). The normalized spacial score (nSPS) is 11.5. The lowest BCUT2D eigenvalue weighted by molar-refractivity contribution is -0.114. The van der Waals surface area contributed by atoms with Crippen molar-refractivity contribution in [2.75, 3.05) is 30.9 Å². The number of hydrogen-bond donors (Lipinski definition) is 3. The summed E-state index contributed by atoms with van der Waals surface area (Å²) in [6.07, 6.45) is -0.778. The van der Waals surface area contributed by atoms with E-state index in [1.54, 1.807) is 37.4 Å². The van der Waals surface area contributed by atoms with Crippen LogP contribution in [-0.2, 0) is 4.79 Å². The first-order valence-corrected chi connectivity index (χ1v) is 7.74. The molecule has 25 heavy (non-hydrogen) atoms. The largest absolute Gasteiger partial charge is 0.497 e. The summed E-state index contributed by atoms with van der Waals surface area (Å²) in [5.41, 5.74) is 0.608. The van der Waals surface area contributed by atoms with Gasteiger partial charge in [-0.1, -0.05) is 0 Å². The van der Waals surface area contributed by atoms with Gasteiger partial charge in [-0.2, -0.15) is 0 Å². The van der Waals surface area contributed by atoms with E-state index < -0.39 is 11.9 Å². The maximum atomic E-state index is 13.8. The Labute approximate surface area is 145 Å². The van der Waals surface area contributed by atoms with Gasteiger partial charge in [0.05, 0.1) is 12.8 Å². The molecule has 2 aromatic carbocycles. The van der Waals surface area contributed by atoms with Crippen LogP contribution in [0.25, 0.3) is 0 Å². The minimum absolute atomic E-state index is 0.0891. The summed E-state index contributed by atoms with van der Waals surface area (Å²) in [7, 11) is 1.58. The molecule has 0 aliphatic heterocycles. The van der Waals surface area contributed by atoms with Crippen LogP contribution >= 0.6 is 0 Å². The number of amides is 1. The first kappa shape index (κ1) is 18.5. The van der Waals surface area contributed by atoms with E-state index in [0.29, 0.717) is 11.4 Å². The van der Waals surface area contributed by atoms with Crippen molar-refractivity contribution in [1.29, 1.82) is 0 Å². The zero-order valence-electron chi connectivity index (χ0n) is 14.1. The van der Waals surface area contributed by atoms with Crippen LogP contribution in [0.1, 0.15) is 6.92 Å². The molecule has 3 N–H and O–H groups in total. The summed E-state index contributed by atoms with van der Waals surface area (Å²) in [6.45, 7) is 1.59. The van der Waals surface area contributed by atoms with Crippen LogP contribution < -0.4 is 20.1 Å². The molecule has 0 heterocycles. The molecule has 0 radical (unpaired) electrons. The van der Waals surface area contributed by atoms with Gasteiger partial charge in [0.15, 0.2) is 0 Å². The Balaban J connectivity index is 1.79. The fourth-order valence-corrected chi connectivity index (χ4v) is 2.08. The molecular weight excluding hydrogens is 327 g/mol. The van der Waals surface area contributed by atoms with Crippen molar-refractivity contribution in [2.45, 2.75) is 13.0 Å². The van der Waals surface area contributed by atoms with Crippen molar-refractivity contribution in [3.63, 3.8) is 0 Å². The second-order valence-corrected chi connectivity index (χ2v) is 5.40. The predicted octanol–water partition coefficient (Wildman–Crippen LogP) is 2.64. The summed E-state index contributed by atoms with van der Waals surface area (Å²) in [6, 6.07) is 11.3. The summed E-state index contributed by atoms with van der Waals surface area (Å²) < 4.78 is 24.3. The van der Waals surface area contributed by atoms with Crippen LogP contribution in [0.2, 0.25) is 0 Å². The minimum Gasteiger partial charge on any atom is -0.497 e. The monoisotopic (exact) mass is 348 g/mol. The van der Waals surface area contributed by atoms with Gasteiger partial charge < -0.3 is 25.2 Å².